The van der Waals surface area contributed by atoms with Crippen molar-refractivity contribution in [3.05, 3.63) is 79.8 Å². The molecule has 1 N–H and O–H groups in total. The van der Waals surface area contributed by atoms with Gasteiger partial charge in [-0.15, -0.1) is 0 Å². The van der Waals surface area contributed by atoms with E-state index in [0.29, 0.717) is 26.7 Å². The molecule has 3 aromatic rings. The van der Waals surface area contributed by atoms with E-state index in [-0.39, 0.29) is 22.7 Å². The molecule has 1 aliphatic rings. The van der Waals surface area contributed by atoms with Crippen molar-refractivity contribution in [1.82, 2.24) is 0 Å². The average Bonchev–Trinajstić information content (AvgIpc) is 2.78. The molecule has 0 saturated carbocycles. The van der Waals surface area contributed by atoms with Gasteiger partial charge in [0.05, 0.1) is 27.2 Å². The minimum Gasteiger partial charge on any atom is -0.455 e. The molecule has 1 heterocycles. The summed E-state index contributed by atoms with van der Waals surface area (Å²) in [6.45, 7) is 0. The monoisotopic (exact) mass is 460 g/mol. The van der Waals surface area contributed by atoms with Crippen molar-refractivity contribution < 1.29 is 19.2 Å². The van der Waals surface area contributed by atoms with Gasteiger partial charge in [-0.3, -0.25) is 14.9 Å². The first-order valence-electron chi connectivity index (χ1n) is 7.96. The number of para-hydroxylation sites is 1. The van der Waals surface area contributed by atoms with Gasteiger partial charge in [0.25, 0.3) is 11.6 Å². The molecule has 4 rings (SSSR count). The van der Waals surface area contributed by atoms with E-state index in [9.17, 15) is 14.9 Å². The van der Waals surface area contributed by atoms with Crippen LogP contribution in [0.4, 0.5) is 11.4 Å². The lowest BCUT2D eigenvalue weighted by Gasteiger charge is -2.13. The summed E-state index contributed by atoms with van der Waals surface area (Å²) in [5.74, 6) is 0.168. The molecule has 28 heavy (non-hydrogen) atoms. The Morgan fingerprint density at radius 1 is 1.07 bits per heavy atom. The summed E-state index contributed by atoms with van der Waals surface area (Å²) >= 11 is 9.34. The van der Waals surface area contributed by atoms with Gasteiger partial charge in [-0.2, -0.15) is 0 Å². The standard InChI is InChI=1S/C19H10BrClN2O5/c20-12-3-1-2-4-14(12)27-16-8-11(23(25)26)9-17-18(16)19(24)22-13-7-10(21)5-6-15(13)28-17/h1-9H,(H,22,24). The van der Waals surface area contributed by atoms with Crippen molar-refractivity contribution in [2.45, 2.75) is 0 Å². The third-order valence-electron chi connectivity index (χ3n) is 3.95. The molecule has 0 fully saturated rings. The van der Waals surface area contributed by atoms with Crippen molar-refractivity contribution in [3.8, 4) is 23.0 Å². The number of fused-ring (bicyclic) bond motifs is 2. The molecule has 0 unspecified atom stereocenters. The number of carbonyl (C=O) groups excluding carboxylic acids is 1. The van der Waals surface area contributed by atoms with Crippen LogP contribution in [0.25, 0.3) is 0 Å². The highest BCUT2D eigenvalue weighted by atomic mass is 79.9. The second kappa shape index (κ2) is 7.14. The fourth-order valence-corrected chi connectivity index (χ4v) is 3.24. The molecule has 9 heteroatoms. The van der Waals surface area contributed by atoms with Crippen molar-refractivity contribution >= 4 is 44.8 Å². The molecule has 3 aromatic carbocycles. The molecular weight excluding hydrogens is 452 g/mol. The number of ether oxygens (including phenoxy) is 2. The molecule has 0 spiro atoms. The predicted octanol–water partition coefficient (Wildman–Crippen LogP) is 6.16. The molecule has 1 amide bonds. The second-order valence-corrected chi connectivity index (χ2v) is 7.09. The number of non-ortho nitro benzene ring substituents is 1. The van der Waals surface area contributed by atoms with Crippen LogP contribution in [0.2, 0.25) is 5.02 Å². The van der Waals surface area contributed by atoms with Crippen LogP contribution >= 0.6 is 27.5 Å². The lowest BCUT2D eigenvalue weighted by Crippen LogP contribution is -2.12. The highest BCUT2D eigenvalue weighted by Crippen LogP contribution is 2.44. The predicted molar refractivity (Wildman–Crippen MR) is 107 cm³/mol. The quantitative estimate of drug-likeness (QED) is 0.372. The fourth-order valence-electron chi connectivity index (χ4n) is 2.70. The third kappa shape index (κ3) is 3.39. The Labute approximate surface area is 172 Å². The summed E-state index contributed by atoms with van der Waals surface area (Å²) in [6.07, 6.45) is 0. The Balaban J connectivity index is 1.88. The number of rotatable bonds is 3. The number of nitrogens with zero attached hydrogens (tertiary/aromatic N) is 1. The SMILES string of the molecule is O=C1Nc2cc(Cl)ccc2Oc2cc([N+](=O)[O-])cc(Oc3ccccc3Br)c21. The highest BCUT2D eigenvalue weighted by Gasteiger charge is 2.29. The lowest BCUT2D eigenvalue weighted by molar-refractivity contribution is -0.385. The van der Waals surface area contributed by atoms with Crippen LogP contribution in [0.15, 0.2) is 59.1 Å². The zero-order valence-corrected chi connectivity index (χ0v) is 16.3. The summed E-state index contributed by atoms with van der Waals surface area (Å²) < 4.78 is 12.2. The number of anilines is 1. The highest BCUT2D eigenvalue weighted by molar-refractivity contribution is 9.10. The first kappa shape index (κ1) is 18.3. The van der Waals surface area contributed by atoms with E-state index < -0.39 is 10.8 Å². The van der Waals surface area contributed by atoms with Crippen LogP contribution in [0.1, 0.15) is 10.4 Å². The first-order chi connectivity index (χ1) is 13.4. The van der Waals surface area contributed by atoms with E-state index >= 15 is 0 Å². The smallest absolute Gasteiger partial charge is 0.276 e. The summed E-state index contributed by atoms with van der Waals surface area (Å²) in [6, 6.07) is 14.0. The molecule has 0 radical (unpaired) electrons. The van der Waals surface area contributed by atoms with Crippen LogP contribution < -0.4 is 14.8 Å². The first-order valence-corrected chi connectivity index (χ1v) is 9.13. The normalized spacial score (nSPS) is 12.1. The van der Waals surface area contributed by atoms with Gasteiger partial charge >= 0.3 is 0 Å². The van der Waals surface area contributed by atoms with E-state index in [4.69, 9.17) is 21.1 Å². The van der Waals surface area contributed by atoms with Crippen LogP contribution in [-0.2, 0) is 0 Å². The molecule has 1 aliphatic heterocycles. The van der Waals surface area contributed by atoms with Gasteiger partial charge < -0.3 is 14.8 Å². The average molecular weight is 462 g/mol. The van der Waals surface area contributed by atoms with Gasteiger partial charge in [0.2, 0.25) is 0 Å². The largest absolute Gasteiger partial charge is 0.455 e. The van der Waals surface area contributed by atoms with Crippen LogP contribution in [0.3, 0.4) is 0 Å². The van der Waals surface area contributed by atoms with Crippen LogP contribution in [0.5, 0.6) is 23.0 Å². The zero-order chi connectivity index (χ0) is 19.8. The van der Waals surface area contributed by atoms with Gasteiger partial charge in [0.1, 0.15) is 11.3 Å². The number of nitro groups is 1. The minimum atomic E-state index is -0.581. The van der Waals surface area contributed by atoms with Gasteiger partial charge in [-0.1, -0.05) is 23.7 Å². The molecule has 0 atom stereocenters. The maximum Gasteiger partial charge on any atom is 0.276 e. The zero-order valence-electron chi connectivity index (χ0n) is 13.9. The molecule has 0 saturated heterocycles. The molecule has 0 bridgehead atoms. The maximum atomic E-state index is 12.9. The van der Waals surface area contributed by atoms with Crippen molar-refractivity contribution in [3.63, 3.8) is 0 Å². The van der Waals surface area contributed by atoms with E-state index in [1.165, 1.54) is 18.2 Å². The fraction of sp³-hybridized carbons (Fsp3) is 0. The molecular formula is C19H10BrClN2O5. The van der Waals surface area contributed by atoms with Crippen LogP contribution in [0, 0.1) is 10.1 Å². The molecule has 7 nitrogen and oxygen atoms in total. The van der Waals surface area contributed by atoms with E-state index in [1.54, 1.807) is 36.4 Å². The van der Waals surface area contributed by atoms with E-state index in [2.05, 4.69) is 21.2 Å². The van der Waals surface area contributed by atoms with Crippen molar-refractivity contribution in [2.75, 3.05) is 5.32 Å². The Kier molecular flexibility index (Phi) is 4.66. The topological polar surface area (TPSA) is 90.7 Å². The number of nitro benzene ring substituents is 1. The Morgan fingerprint density at radius 2 is 1.86 bits per heavy atom. The third-order valence-corrected chi connectivity index (χ3v) is 4.85. The number of nitrogens with one attached hydrogen (secondary N) is 1. The maximum absolute atomic E-state index is 12.9. The number of benzene rings is 3. The number of hydrogen-bond acceptors (Lipinski definition) is 5. The second-order valence-electron chi connectivity index (χ2n) is 5.80. The molecule has 0 aromatic heterocycles. The van der Waals surface area contributed by atoms with Crippen molar-refractivity contribution in [2.24, 2.45) is 0 Å². The number of carbonyl (C=O) groups is 1. The lowest BCUT2D eigenvalue weighted by atomic mass is 10.1. The van der Waals surface area contributed by atoms with Gasteiger partial charge in [-0.05, 0) is 46.3 Å². The Hall–Kier alpha value is -3.10. The van der Waals surface area contributed by atoms with Crippen LogP contribution in [-0.4, -0.2) is 10.8 Å². The molecule has 140 valence electrons. The van der Waals surface area contributed by atoms with E-state index in [0.717, 1.165) is 0 Å². The Bertz CT molecular complexity index is 1140. The summed E-state index contributed by atoms with van der Waals surface area (Å²) in [5.41, 5.74) is 0.114. The number of hydrogen-bond donors (Lipinski definition) is 1. The van der Waals surface area contributed by atoms with Gasteiger partial charge in [0, 0.05) is 5.02 Å². The molecule has 0 aliphatic carbocycles. The number of amides is 1. The minimum absolute atomic E-state index is 0.00694. The van der Waals surface area contributed by atoms with Crippen molar-refractivity contribution in [1.29, 1.82) is 0 Å². The number of halogens is 2. The van der Waals surface area contributed by atoms with E-state index in [1.807, 2.05) is 0 Å². The summed E-state index contributed by atoms with van der Waals surface area (Å²) in [5, 5.41) is 14.5. The van der Waals surface area contributed by atoms with Gasteiger partial charge in [-0.25, -0.2) is 0 Å². The Morgan fingerprint density at radius 3 is 2.61 bits per heavy atom. The summed E-state index contributed by atoms with van der Waals surface area (Å²) in [4.78, 5) is 23.7. The summed E-state index contributed by atoms with van der Waals surface area (Å²) in [7, 11) is 0. The van der Waals surface area contributed by atoms with Gasteiger partial charge in [0.15, 0.2) is 17.2 Å².